The molecule has 4 nitrogen and oxygen atoms in total. The first kappa shape index (κ1) is 16.0. The van der Waals surface area contributed by atoms with Crippen LogP contribution in [0.3, 0.4) is 0 Å². The summed E-state index contributed by atoms with van der Waals surface area (Å²) in [6.45, 7) is 4.55. The molecular formula is C15H27NO3. The molecule has 1 aliphatic rings. The van der Waals surface area contributed by atoms with Gasteiger partial charge in [-0.3, -0.25) is 9.59 Å². The number of carboxylic acids is 1. The third kappa shape index (κ3) is 6.08. The molecule has 0 aromatic heterocycles. The molecule has 110 valence electrons. The highest BCUT2D eigenvalue weighted by Crippen LogP contribution is 2.28. The fourth-order valence-corrected chi connectivity index (χ4v) is 2.84. The molecule has 1 fully saturated rings. The van der Waals surface area contributed by atoms with Gasteiger partial charge in [-0.1, -0.05) is 25.7 Å². The summed E-state index contributed by atoms with van der Waals surface area (Å²) in [5, 5.41) is 8.65. The van der Waals surface area contributed by atoms with Crippen LogP contribution >= 0.6 is 0 Å². The van der Waals surface area contributed by atoms with E-state index < -0.39 is 5.97 Å². The number of hydrogen-bond donors (Lipinski definition) is 1. The van der Waals surface area contributed by atoms with Crippen LogP contribution in [0.15, 0.2) is 0 Å². The average Bonchev–Trinajstić information content (AvgIpc) is 2.84. The smallest absolute Gasteiger partial charge is 0.303 e. The highest BCUT2D eigenvalue weighted by Gasteiger charge is 2.20. The van der Waals surface area contributed by atoms with Crippen LogP contribution in [0.1, 0.15) is 65.2 Å². The molecule has 0 unspecified atom stereocenters. The first-order chi connectivity index (χ1) is 9.00. The largest absolute Gasteiger partial charge is 0.481 e. The van der Waals surface area contributed by atoms with Crippen molar-refractivity contribution >= 4 is 11.9 Å². The summed E-state index contributed by atoms with van der Waals surface area (Å²) in [4.78, 5) is 24.5. The van der Waals surface area contributed by atoms with E-state index in [1.54, 1.807) is 0 Å². The van der Waals surface area contributed by atoms with Crippen LogP contribution in [0, 0.1) is 5.92 Å². The molecule has 0 heterocycles. The molecule has 0 saturated heterocycles. The average molecular weight is 269 g/mol. The van der Waals surface area contributed by atoms with Crippen molar-refractivity contribution in [3.8, 4) is 0 Å². The third-order valence-corrected chi connectivity index (χ3v) is 3.97. The van der Waals surface area contributed by atoms with Gasteiger partial charge >= 0.3 is 5.97 Å². The van der Waals surface area contributed by atoms with Gasteiger partial charge in [-0.05, 0) is 32.6 Å². The Bertz CT molecular complexity index is 296. The number of carbonyl (C=O) groups excluding carboxylic acids is 1. The molecule has 1 rings (SSSR count). The van der Waals surface area contributed by atoms with Gasteiger partial charge in [0.1, 0.15) is 0 Å². The maximum absolute atomic E-state index is 12.2. The summed E-state index contributed by atoms with van der Waals surface area (Å²) in [5.74, 6) is 0.131. The number of carbonyl (C=O) groups is 2. The Morgan fingerprint density at radius 1 is 1.21 bits per heavy atom. The van der Waals surface area contributed by atoms with Crippen LogP contribution in [0.2, 0.25) is 0 Å². The third-order valence-electron chi connectivity index (χ3n) is 3.97. The predicted molar refractivity (Wildman–Crippen MR) is 74.9 cm³/mol. The maximum atomic E-state index is 12.2. The number of hydrogen-bond acceptors (Lipinski definition) is 2. The minimum atomic E-state index is -0.790. The second-order valence-corrected chi connectivity index (χ2v) is 5.87. The van der Waals surface area contributed by atoms with Gasteiger partial charge < -0.3 is 10.0 Å². The van der Waals surface area contributed by atoms with Crippen molar-refractivity contribution in [1.82, 2.24) is 4.90 Å². The Kier molecular flexibility index (Phi) is 6.89. The lowest BCUT2D eigenvalue weighted by atomic mass is 10.0. The van der Waals surface area contributed by atoms with Gasteiger partial charge in [-0.2, -0.15) is 0 Å². The lowest BCUT2D eigenvalue weighted by Crippen LogP contribution is -2.38. The van der Waals surface area contributed by atoms with E-state index in [1.807, 2.05) is 18.7 Å². The molecule has 0 aromatic carbocycles. The van der Waals surface area contributed by atoms with Gasteiger partial charge in [0.2, 0.25) is 5.91 Å². The standard InChI is InChI=1S/C15H27NO3/c1-12(2)16(11-5-8-15(18)19)14(17)10-9-13-6-3-4-7-13/h12-13H,3-11H2,1-2H3,(H,18,19). The zero-order chi connectivity index (χ0) is 14.3. The number of carboxylic acid groups (broad SMARTS) is 1. The van der Waals surface area contributed by atoms with Crippen LogP contribution in [-0.4, -0.2) is 34.5 Å². The van der Waals surface area contributed by atoms with Gasteiger partial charge in [0.25, 0.3) is 0 Å². The van der Waals surface area contributed by atoms with Crippen LogP contribution in [-0.2, 0) is 9.59 Å². The molecule has 19 heavy (non-hydrogen) atoms. The number of aliphatic carboxylic acids is 1. The molecule has 1 aliphatic carbocycles. The molecule has 0 spiro atoms. The maximum Gasteiger partial charge on any atom is 0.303 e. The van der Waals surface area contributed by atoms with Gasteiger partial charge in [-0.15, -0.1) is 0 Å². The minimum absolute atomic E-state index is 0.138. The van der Waals surface area contributed by atoms with E-state index in [1.165, 1.54) is 25.7 Å². The molecule has 1 saturated carbocycles. The van der Waals surface area contributed by atoms with Gasteiger partial charge in [-0.25, -0.2) is 0 Å². The number of amides is 1. The van der Waals surface area contributed by atoms with Crippen molar-refractivity contribution in [2.75, 3.05) is 6.54 Å². The van der Waals surface area contributed by atoms with E-state index in [2.05, 4.69) is 0 Å². The highest BCUT2D eigenvalue weighted by molar-refractivity contribution is 5.76. The predicted octanol–water partition coefficient (Wildman–Crippen LogP) is 3.06. The van der Waals surface area contributed by atoms with E-state index in [9.17, 15) is 9.59 Å². The summed E-state index contributed by atoms with van der Waals surface area (Å²) in [6.07, 6.45) is 7.47. The molecule has 0 bridgehead atoms. The molecule has 1 N–H and O–H groups in total. The van der Waals surface area contributed by atoms with Crippen molar-refractivity contribution in [2.24, 2.45) is 5.92 Å². The van der Waals surface area contributed by atoms with Crippen molar-refractivity contribution < 1.29 is 14.7 Å². The SMILES string of the molecule is CC(C)N(CCCC(=O)O)C(=O)CCC1CCCC1. The van der Waals surface area contributed by atoms with Crippen LogP contribution in [0.5, 0.6) is 0 Å². The number of nitrogens with zero attached hydrogens (tertiary/aromatic N) is 1. The molecule has 0 atom stereocenters. The summed E-state index contributed by atoms with van der Waals surface area (Å²) < 4.78 is 0. The molecule has 4 heteroatoms. The van der Waals surface area contributed by atoms with Crippen molar-refractivity contribution in [3.05, 3.63) is 0 Å². The van der Waals surface area contributed by atoms with Crippen LogP contribution in [0.4, 0.5) is 0 Å². The quantitative estimate of drug-likeness (QED) is 0.736. The lowest BCUT2D eigenvalue weighted by Gasteiger charge is -2.27. The molecular weight excluding hydrogens is 242 g/mol. The van der Waals surface area contributed by atoms with Crippen molar-refractivity contribution in [1.29, 1.82) is 0 Å². The Balaban J connectivity index is 2.32. The van der Waals surface area contributed by atoms with Crippen LogP contribution in [0.25, 0.3) is 0 Å². The van der Waals surface area contributed by atoms with E-state index in [0.29, 0.717) is 19.4 Å². The zero-order valence-electron chi connectivity index (χ0n) is 12.2. The fourth-order valence-electron chi connectivity index (χ4n) is 2.84. The Morgan fingerprint density at radius 2 is 1.84 bits per heavy atom. The normalized spacial score (nSPS) is 15.9. The zero-order valence-corrected chi connectivity index (χ0v) is 12.2. The van der Waals surface area contributed by atoms with Crippen LogP contribution < -0.4 is 0 Å². The molecule has 0 aliphatic heterocycles. The second-order valence-electron chi connectivity index (χ2n) is 5.87. The second kappa shape index (κ2) is 8.18. The first-order valence-corrected chi connectivity index (χ1v) is 7.52. The van der Waals surface area contributed by atoms with E-state index in [-0.39, 0.29) is 18.4 Å². The van der Waals surface area contributed by atoms with E-state index >= 15 is 0 Å². The number of rotatable bonds is 8. The van der Waals surface area contributed by atoms with Gasteiger partial charge in [0.15, 0.2) is 0 Å². The Morgan fingerprint density at radius 3 is 2.37 bits per heavy atom. The molecule has 1 amide bonds. The van der Waals surface area contributed by atoms with E-state index in [4.69, 9.17) is 5.11 Å². The highest BCUT2D eigenvalue weighted by atomic mass is 16.4. The van der Waals surface area contributed by atoms with Crippen molar-refractivity contribution in [3.63, 3.8) is 0 Å². The summed E-state index contributed by atoms with van der Waals surface area (Å²) in [6, 6.07) is 0.157. The summed E-state index contributed by atoms with van der Waals surface area (Å²) in [5.41, 5.74) is 0. The first-order valence-electron chi connectivity index (χ1n) is 7.52. The summed E-state index contributed by atoms with van der Waals surface area (Å²) >= 11 is 0. The van der Waals surface area contributed by atoms with Crippen molar-refractivity contribution in [2.45, 2.75) is 71.3 Å². The van der Waals surface area contributed by atoms with Gasteiger partial charge in [0.05, 0.1) is 0 Å². The fraction of sp³-hybridized carbons (Fsp3) is 0.867. The topological polar surface area (TPSA) is 57.6 Å². The lowest BCUT2D eigenvalue weighted by molar-refractivity contribution is -0.138. The molecule has 0 radical (unpaired) electrons. The molecule has 0 aromatic rings. The van der Waals surface area contributed by atoms with Gasteiger partial charge in [0, 0.05) is 25.4 Å². The Hall–Kier alpha value is -1.06. The van der Waals surface area contributed by atoms with E-state index in [0.717, 1.165) is 12.3 Å². The minimum Gasteiger partial charge on any atom is -0.481 e. The monoisotopic (exact) mass is 269 g/mol. The Labute approximate surface area is 116 Å². The summed E-state index contributed by atoms with van der Waals surface area (Å²) in [7, 11) is 0.